The molecule has 0 aliphatic heterocycles. The molecule has 0 rings (SSSR count). The fraction of sp³-hybridized carbons (Fsp3) is 0.364. The van der Waals surface area contributed by atoms with Gasteiger partial charge in [0.1, 0.15) is 0 Å². The first-order valence-electron chi connectivity index (χ1n) is 4.56. The number of hydrogen-bond acceptors (Lipinski definition) is 3. The minimum Gasteiger partial charge on any atom is -0.484 e. The summed E-state index contributed by atoms with van der Waals surface area (Å²) in [7, 11) is 1.56. The quantitative estimate of drug-likeness (QED) is 0.303. The third kappa shape index (κ3) is 7.37. The molecule has 0 radical (unpaired) electrons. The average Bonchev–Trinajstić information content (AvgIpc) is 2.18. The van der Waals surface area contributed by atoms with Gasteiger partial charge in [-0.25, -0.2) is 4.99 Å². The average molecular weight is 207 g/mol. The van der Waals surface area contributed by atoms with Gasteiger partial charge in [-0.1, -0.05) is 18.7 Å². The van der Waals surface area contributed by atoms with E-state index >= 15 is 0 Å². The smallest absolute Gasteiger partial charge is 0.186 e. The molecule has 4 nitrogen and oxygen atoms in total. The lowest BCUT2D eigenvalue weighted by Gasteiger charge is -1.95. The number of amidine groups is 1. The van der Waals surface area contributed by atoms with E-state index in [1.165, 1.54) is 0 Å². The van der Waals surface area contributed by atoms with Crippen molar-refractivity contribution in [1.29, 1.82) is 0 Å². The summed E-state index contributed by atoms with van der Waals surface area (Å²) in [6, 6.07) is 0. The van der Waals surface area contributed by atoms with Crippen molar-refractivity contribution in [2.24, 2.45) is 15.2 Å². The second-order valence-electron chi connectivity index (χ2n) is 2.87. The predicted molar refractivity (Wildman–Crippen MR) is 65.7 cm³/mol. The Morgan fingerprint density at radius 2 is 1.93 bits per heavy atom. The monoisotopic (exact) mass is 207 g/mol. The molecule has 0 fully saturated rings. The van der Waals surface area contributed by atoms with Gasteiger partial charge in [0.05, 0.1) is 13.3 Å². The molecule has 4 heteroatoms. The van der Waals surface area contributed by atoms with Crippen molar-refractivity contribution in [3.63, 3.8) is 0 Å². The van der Waals surface area contributed by atoms with Crippen LogP contribution in [0.25, 0.3) is 0 Å². The molecule has 15 heavy (non-hydrogen) atoms. The largest absolute Gasteiger partial charge is 0.484 e. The third-order valence-corrected chi connectivity index (χ3v) is 1.46. The van der Waals surface area contributed by atoms with E-state index in [1.807, 2.05) is 13.0 Å². The van der Waals surface area contributed by atoms with Crippen LogP contribution in [0, 0.1) is 0 Å². The van der Waals surface area contributed by atoms with Crippen molar-refractivity contribution in [1.82, 2.24) is 0 Å². The van der Waals surface area contributed by atoms with Crippen LogP contribution in [0.4, 0.5) is 0 Å². The summed E-state index contributed by atoms with van der Waals surface area (Å²) in [5.74, 6) is 1.11. The van der Waals surface area contributed by atoms with Crippen molar-refractivity contribution >= 4 is 17.9 Å². The van der Waals surface area contributed by atoms with Crippen LogP contribution in [0.1, 0.15) is 20.8 Å². The van der Waals surface area contributed by atoms with Gasteiger partial charge in [-0.3, -0.25) is 0 Å². The summed E-state index contributed by atoms with van der Waals surface area (Å²) >= 11 is 0. The van der Waals surface area contributed by atoms with E-state index in [4.69, 9.17) is 4.74 Å². The van der Waals surface area contributed by atoms with Gasteiger partial charge in [0.2, 0.25) is 0 Å². The van der Waals surface area contributed by atoms with Gasteiger partial charge in [-0.15, -0.1) is 5.10 Å². The molecule has 0 aliphatic rings. The zero-order valence-corrected chi connectivity index (χ0v) is 9.69. The number of rotatable bonds is 3. The Balaban J connectivity index is 4.40. The van der Waals surface area contributed by atoms with E-state index in [1.54, 1.807) is 33.2 Å². The summed E-state index contributed by atoms with van der Waals surface area (Å²) in [6.07, 6.45) is 5.19. The first kappa shape index (κ1) is 13.3. The maximum Gasteiger partial charge on any atom is 0.186 e. The fourth-order valence-electron chi connectivity index (χ4n) is 0.728. The molecule has 0 aliphatic carbocycles. The molecule has 0 saturated heterocycles. The second-order valence-corrected chi connectivity index (χ2v) is 2.87. The maximum absolute atomic E-state index is 4.88. The highest BCUT2D eigenvalue weighted by atomic mass is 16.5. The Bertz CT molecular complexity index is 325. The summed E-state index contributed by atoms with van der Waals surface area (Å²) in [4.78, 5) is 4.03. The van der Waals surface area contributed by atoms with Crippen molar-refractivity contribution in [3.8, 4) is 0 Å². The first-order chi connectivity index (χ1) is 7.10. The fourth-order valence-corrected chi connectivity index (χ4v) is 0.728. The van der Waals surface area contributed by atoms with Crippen LogP contribution in [0.3, 0.4) is 0 Å². The number of hydrogen-bond donors (Lipinski definition) is 0. The van der Waals surface area contributed by atoms with Crippen molar-refractivity contribution in [2.45, 2.75) is 20.8 Å². The number of aliphatic imine (C=N–C) groups is 1. The van der Waals surface area contributed by atoms with Crippen LogP contribution >= 0.6 is 0 Å². The van der Waals surface area contributed by atoms with E-state index in [9.17, 15) is 0 Å². The zero-order valence-electron chi connectivity index (χ0n) is 9.69. The van der Waals surface area contributed by atoms with Gasteiger partial charge < -0.3 is 4.74 Å². The molecule has 0 aromatic rings. The highest BCUT2D eigenvalue weighted by Gasteiger charge is 1.88. The molecule has 0 saturated carbocycles. The molecule has 0 amide bonds. The molecular weight excluding hydrogens is 190 g/mol. The molecule has 0 bridgehead atoms. The molecule has 0 atom stereocenters. The summed E-state index contributed by atoms with van der Waals surface area (Å²) in [5.41, 5.74) is 0.981. The van der Waals surface area contributed by atoms with Crippen LogP contribution < -0.4 is 0 Å². The van der Waals surface area contributed by atoms with Gasteiger partial charge in [0.15, 0.2) is 11.7 Å². The van der Waals surface area contributed by atoms with E-state index in [0.717, 1.165) is 5.57 Å². The van der Waals surface area contributed by atoms with Gasteiger partial charge in [-0.05, 0) is 19.4 Å². The van der Waals surface area contributed by atoms with E-state index in [-0.39, 0.29) is 0 Å². The number of ether oxygens (including phenoxy) is 1. The van der Waals surface area contributed by atoms with E-state index in [2.05, 4.69) is 21.8 Å². The number of nitrogens with zero attached hydrogens (tertiary/aromatic N) is 3. The SMILES string of the molecule is C=C/C=C(C)/C=N\N=C(\C)N=C(C)OC. The lowest BCUT2D eigenvalue weighted by atomic mass is 10.3. The van der Waals surface area contributed by atoms with Crippen LogP contribution in [0.5, 0.6) is 0 Å². The lowest BCUT2D eigenvalue weighted by Crippen LogP contribution is -1.97. The zero-order chi connectivity index (χ0) is 11.7. The van der Waals surface area contributed by atoms with Crippen molar-refractivity contribution < 1.29 is 4.74 Å². The molecule has 0 spiro atoms. The second kappa shape index (κ2) is 7.67. The third-order valence-electron chi connectivity index (χ3n) is 1.46. The number of methoxy groups -OCH3 is 1. The molecule has 0 unspecified atom stereocenters. The van der Waals surface area contributed by atoms with Crippen LogP contribution in [0.15, 0.2) is 39.5 Å². The Labute approximate surface area is 90.8 Å². The molecular formula is C11H17N3O. The summed E-state index contributed by atoms with van der Waals surface area (Å²) < 4.78 is 4.88. The molecule has 0 N–H and O–H groups in total. The normalized spacial score (nSPS) is 14.5. The highest BCUT2D eigenvalue weighted by molar-refractivity contribution is 5.92. The van der Waals surface area contributed by atoms with Gasteiger partial charge in [0, 0.05) is 6.92 Å². The van der Waals surface area contributed by atoms with Crippen LogP contribution in [-0.2, 0) is 4.74 Å². The minimum absolute atomic E-state index is 0.553. The van der Waals surface area contributed by atoms with E-state index in [0.29, 0.717) is 11.7 Å². The Hall–Kier alpha value is -1.71. The Kier molecular flexibility index (Phi) is 6.80. The molecule has 0 aromatic carbocycles. The summed E-state index contributed by atoms with van der Waals surface area (Å²) in [5, 5.41) is 7.74. The van der Waals surface area contributed by atoms with Gasteiger partial charge >= 0.3 is 0 Å². The Morgan fingerprint density at radius 3 is 2.47 bits per heavy atom. The van der Waals surface area contributed by atoms with Gasteiger partial charge in [0.25, 0.3) is 0 Å². The first-order valence-corrected chi connectivity index (χ1v) is 4.56. The van der Waals surface area contributed by atoms with Gasteiger partial charge in [-0.2, -0.15) is 5.10 Å². The number of allylic oxidation sites excluding steroid dienone is 3. The van der Waals surface area contributed by atoms with Crippen molar-refractivity contribution in [3.05, 3.63) is 24.3 Å². The van der Waals surface area contributed by atoms with E-state index < -0.39 is 0 Å². The minimum atomic E-state index is 0.553. The maximum atomic E-state index is 4.88. The van der Waals surface area contributed by atoms with Crippen molar-refractivity contribution in [2.75, 3.05) is 7.11 Å². The summed E-state index contributed by atoms with van der Waals surface area (Å²) in [6.45, 7) is 9.01. The predicted octanol–water partition coefficient (Wildman–Crippen LogP) is 2.59. The molecule has 0 aromatic heterocycles. The Morgan fingerprint density at radius 1 is 1.27 bits per heavy atom. The highest BCUT2D eigenvalue weighted by Crippen LogP contribution is 1.90. The van der Waals surface area contributed by atoms with Crippen LogP contribution in [-0.4, -0.2) is 25.1 Å². The van der Waals surface area contributed by atoms with Crippen LogP contribution in [0.2, 0.25) is 0 Å². The molecule has 82 valence electrons. The standard InChI is InChI=1S/C11H17N3O/c1-6-7-9(2)8-12-14-10(3)13-11(4)15-5/h6-8H,1H2,2-5H3/b9-7+,12-8-,13-11?,14-10-. The molecule has 0 heterocycles. The topological polar surface area (TPSA) is 46.3 Å². The lowest BCUT2D eigenvalue weighted by molar-refractivity contribution is 0.401.